The van der Waals surface area contributed by atoms with E-state index in [4.69, 9.17) is 9.84 Å². The lowest BCUT2D eigenvalue weighted by atomic mass is 10.2. The molecule has 2 rings (SSSR count). The van der Waals surface area contributed by atoms with Crippen LogP contribution in [0.5, 0.6) is 0 Å². The van der Waals surface area contributed by atoms with E-state index < -0.39 is 29.9 Å². The molecule has 0 aromatic heterocycles. The van der Waals surface area contributed by atoms with Crippen molar-refractivity contribution in [2.45, 2.75) is 25.0 Å². The predicted octanol–water partition coefficient (Wildman–Crippen LogP) is 1.40. The van der Waals surface area contributed by atoms with E-state index in [-0.39, 0.29) is 0 Å². The van der Waals surface area contributed by atoms with Crippen LogP contribution < -0.4 is 5.32 Å². The molecule has 1 aromatic carbocycles. The van der Waals surface area contributed by atoms with Gasteiger partial charge in [0.05, 0.1) is 0 Å². The van der Waals surface area contributed by atoms with Crippen LogP contribution in [0.4, 0.5) is 10.1 Å². The first kappa shape index (κ1) is 12.5. The Labute approximate surface area is 103 Å². The van der Waals surface area contributed by atoms with Gasteiger partial charge in [0.1, 0.15) is 11.9 Å². The highest BCUT2D eigenvalue weighted by Crippen LogP contribution is 2.21. The monoisotopic (exact) mass is 253 g/mol. The Kier molecular flexibility index (Phi) is 3.57. The molecule has 0 radical (unpaired) electrons. The number of rotatable bonds is 3. The van der Waals surface area contributed by atoms with Gasteiger partial charge in [-0.3, -0.25) is 4.79 Å². The maximum absolute atomic E-state index is 12.7. The number of aliphatic carboxylic acids is 1. The van der Waals surface area contributed by atoms with Crippen molar-refractivity contribution in [3.05, 3.63) is 30.1 Å². The van der Waals surface area contributed by atoms with E-state index in [1.54, 1.807) is 0 Å². The Bertz CT molecular complexity index is 460. The summed E-state index contributed by atoms with van der Waals surface area (Å²) in [5.74, 6) is -1.87. The minimum absolute atomic E-state index is 0.316. The van der Waals surface area contributed by atoms with E-state index in [1.165, 1.54) is 24.3 Å². The molecule has 2 N–H and O–H groups in total. The van der Waals surface area contributed by atoms with Crippen LogP contribution in [0.15, 0.2) is 24.3 Å². The number of carbonyl (C=O) groups excluding carboxylic acids is 1. The lowest BCUT2D eigenvalue weighted by Crippen LogP contribution is -2.29. The molecular formula is C12H12FNO4. The molecule has 0 bridgehead atoms. The predicted molar refractivity (Wildman–Crippen MR) is 60.6 cm³/mol. The first-order chi connectivity index (χ1) is 8.56. The van der Waals surface area contributed by atoms with Gasteiger partial charge in [-0.1, -0.05) is 0 Å². The van der Waals surface area contributed by atoms with Gasteiger partial charge in [-0.25, -0.2) is 9.18 Å². The minimum atomic E-state index is -1.06. The molecule has 6 heteroatoms. The summed E-state index contributed by atoms with van der Waals surface area (Å²) in [5.41, 5.74) is 0.448. The van der Waals surface area contributed by atoms with Crippen LogP contribution >= 0.6 is 0 Å². The fraction of sp³-hybridized carbons (Fsp3) is 0.333. The fourth-order valence-electron chi connectivity index (χ4n) is 1.77. The summed E-state index contributed by atoms with van der Waals surface area (Å²) in [7, 11) is 0. The summed E-state index contributed by atoms with van der Waals surface area (Å²) >= 11 is 0. The Hall–Kier alpha value is -1.95. The van der Waals surface area contributed by atoms with Gasteiger partial charge in [-0.15, -0.1) is 0 Å². The molecule has 2 atom stereocenters. The number of ether oxygens (including phenoxy) is 1. The smallest absolute Gasteiger partial charge is 0.332 e. The summed E-state index contributed by atoms with van der Waals surface area (Å²) in [4.78, 5) is 22.4. The van der Waals surface area contributed by atoms with Gasteiger partial charge in [0, 0.05) is 5.69 Å². The number of amides is 1. The molecule has 1 aliphatic heterocycles. The molecule has 1 aliphatic rings. The van der Waals surface area contributed by atoms with Gasteiger partial charge in [-0.05, 0) is 37.1 Å². The third kappa shape index (κ3) is 2.84. The zero-order valence-corrected chi connectivity index (χ0v) is 9.43. The molecule has 1 fully saturated rings. The van der Waals surface area contributed by atoms with Gasteiger partial charge in [0.15, 0.2) is 6.10 Å². The molecule has 2 unspecified atom stereocenters. The summed E-state index contributed by atoms with van der Waals surface area (Å²) in [6, 6.07) is 5.31. The molecule has 96 valence electrons. The molecular weight excluding hydrogens is 241 g/mol. The second-order valence-electron chi connectivity index (χ2n) is 4.03. The standard InChI is InChI=1S/C12H12FNO4/c13-7-1-3-8(4-2-7)14-11(15)9-5-6-10(18-9)12(16)17/h1-4,9-10H,5-6H2,(H,14,15)(H,16,17). The van der Waals surface area contributed by atoms with Crippen molar-refractivity contribution in [2.24, 2.45) is 0 Å². The van der Waals surface area contributed by atoms with Gasteiger partial charge in [-0.2, -0.15) is 0 Å². The maximum atomic E-state index is 12.7. The summed E-state index contributed by atoms with van der Waals surface area (Å²) in [6.07, 6.45) is -1.01. The molecule has 1 aromatic rings. The van der Waals surface area contributed by atoms with Crippen molar-refractivity contribution in [1.82, 2.24) is 0 Å². The van der Waals surface area contributed by atoms with Gasteiger partial charge in [0.25, 0.3) is 5.91 Å². The van der Waals surface area contributed by atoms with Crippen LogP contribution in [0, 0.1) is 5.82 Å². The van der Waals surface area contributed by atoms with E-state index in [0.717, 1.165) is 0 Å². The van der Waals surface area contributed by atoms with E-state index in [0.29, 0.717) is 18.5 Å². The number of hydrogen-bond acceptors (Lipinski definition) is 3. The minimum Gasteiger partial charge on any atom is -0.479 e. The van der Waals surface area contributed by atoms with Crippen molar-refractivity contribution in [2.75, 3.05) is 5.32 Å². The second-order valence-corrected chi connectivity index (χ2v) is 4.03. The number of anilines is 1. The van der Waals surface area contributed by atoms with Gasteiger partial charge in [0.2, 0.25) is 0 Å². The van der Waals surface area contributed by atoms with Crippen LogP contribution in [-0.4, -0.2) is 29.2 Å². The molecule has 0 saturated carbocycles. The number of carboxylic acids is 1. The SMILES string of the molecule is O=C(O)C1CCC(C(=O)Nc2ccc(F)cc2)O1. The lowest BCUT2D eigenvalue weighted by Gasteiger charge is -2.11. The first-order valence-corrected chi connectivity index (χ1v) is 5.51. The fourth-order valence-corrected chi connectivity index (χ4v) is 1.77. The maximum Gasteiger partial charge on any atom is 0.332 e. The average molecular weight is 253 g/mol. The van der Waals surface area contributed by atoms with Crippen LogP contribution in [0.3, 0.4) is 0 Å². The molecule has 1 amide bonds. The summed E-state index contributed by atoms with van der Waals surface area (Å²) in [6.45, 7) is 0. The van der Waals surface area contributed by atoms with Gasteiger partial charge >= 0.3 is 5.97 Å². The summed E-state index contributed by atoms with van der Waals surface area (Å²) in [5, 5.41) is 11.3. The van der Waals surface area contributed by atoms with E-state index in [9.17, 15) is 14.0 Å². The Morgan fingerprint density at radius 1 is 1.22 bits per heavy atom. The highest BCUT2D eigenvalue weighted by molar-refractivity contribution is 5.94. The van der Waals surface area contributed by atoms with Crippen LogP contribution in [0.2, 0.25) is 0 Å². The van der Waals surface area contributed by atoms with Crippen LogP contribution in [-0.2, 0) is 14.3 Å². The number of hydrogen-bond donors (Lipinski definition) is 2. The largest absolute Gasteiger partial charge is 0.479 e. The number of benzene rings is 1. The Balaban J connectivity index is 1.93. The number of nitrogens with one attached hydrogen (secondary N) is 1. The van der Waals surface area contributed by atoms with Gasteiger partial charge < -0.3 is 15.2 Å². The van der Waals surface area contributed by atoms with E-state index in [1.807, 2.05) is 0 Å². The number of carboxylic acid groups (broad SMARTS) is 1. The quantitative estimate of drug-likeness (QED) is 0.853. The Morgan fingerprint density at radius 2 is 1.83 bits per heavy atom. The molecule has 5 nitrogen and oxygen atoms in total. The van der Waals surface area contributed by atoms with Crippen molar-refractivity contribution >= 4 is 17.6 Å². The number of carbonyl (C=O) groups is 2. The zero-order valence-electron chi connectivity index (χ0n) is 9.43. The zero-order chi connectivity index (χ0) is 13.1. The van der Waals surface area contributed by atoms with Crippen molar-refractivity contribution in [1.29, 1.82) is 0 Å². The molecule has 0 spiro atoms. The van der Waals surface area contributed by atoms with Crippen molar-refractivity contribution in [3.8, 4) is 0 Å². The van der Waals surface area contributed by atoms with Crippen molar-refractivity contribution in [3.63, 3.8) is 0 Å². The highest BCUT2D eigenvalue weighted by atomic mass is 19.1. The second kappa shape index (κ2) is 5.14. The van der Waals surface area contributed by atoms with Crippen LogP contribution in [0.1, 0.15) is 12.8 Å². The summed E-state index contributed by atoms with van der Waals surface area (Å²) < 4.78 is 17.8. The third-order valence-electron chi connectivity index (χ3n) is 2.70. The number of halogens is 1. The highest BCUT2D eigenvalue weighted by Gasteiger charge is 2.34. The first-order valence-electron chi connectivity index (χ1n) is 5.51. The topological polar surface area (TPSA) is 75.6 Å². The lowest BCUT2D eigenvalue weighted by molar-refractivity contribution is -0.150. The molecule has 0 aliphatic carbocycles. The molecule has 18 heavy (non-hydrogen) atoms. The molecule has 1 saturated heterocycles. The average Bonchev–Trinajstić information content (AvgIpc) is 2.81. The normalized spacial score (nSPS) is 22.7. The Morgan fingerprint density at radius 3 is 2.39 bits per heavy atom. The third-order valence-corrected chi connectivity index (χ3v) is 2.70. The van der Waals surface area contributed by atoms with Crippen molar-refractivity contribution < 1.29 is 23.8 Å². The molecule has 1 heterocycles. The van der Waals surface area contributed by atoms with E-state index in [2.05, 4.69) is 5.32 Å². The van der Waals surface area contributed by atoms with Crippen LogP contribution in [0.25, 0.3) is 0 Å². The van der Waals surface area contributed by atoms with E-state index >= 15 is 0 Å².